The van der Waals surface area contributed by atoms with E-state index in [0.29, 0.717) is 25.8 Å². The number of furan rings is 1. The van der Waals surface area contributed by atoms with Crippen molar-refractivity contribution in [1.82, 2.24) is 0 Å². The quantitative estimate of drug-likeness (QED) is 0.808. The lowest BCUT2D eigenvalue weighted by atomic mass is 10.2. The Morgan fingerprint density at radius 1 is 1.20 bits per heavy atom. The molecular formula is C16H16N2O2. The van der Waals surface area contributed by atoms with E-state index in [2.05, 4.69) is 6.07 Å². The lowest BCUT2D eigenvalue weighted by Crippen LogP contribution is -2.31. The first-order valence-corrected chi connectivity index (χ1v) is 6.56. The van der Waals surface area contributed by atoms with Crippen LogP contribution in [0, 0.1) is 11.3 Å². The normalized spacial score (nSPS) is 9.95. The molecule has 2 aromatic rings. The van der Waals surface area contributed by atoms with Gasteiger partial charge in [-0.15, -0.1) is 0 Å². The topological polar surface area (TPSA) is 57.2 Å². The fourth-order valence-electron chi connectivity index (χ4n) is 1.99. The second-order valence-corrected chi connectivity index (χ2v) is 4.37. The first-order chi connectivity index (χ1) is 9.81. The number of anilines is 1. The van der Waals surface area contributed by atoms with Gasteiger partial charge in [0.05, 0.1) is 18.8 Å². The summed E-state index contributed by atoms with van der Waals surface area (Å²) in [6.07, 6.45) is 2.86. The molecule has 0 fully saturated rings. The van der Waals surface area contributed by atoms with Crippen molar-refractivity contribution >= 4 is 11.6 Å². The van der Waals surface area contributed by atoms with Crippen LogP contribution in [0.3, 0.4) is 0 Å². The van der Waals surface area contributed by atoms with Gasteiger partial charge in [0.1, 0.15) is 5.76 Å². The van der Waals surface area contributed by atoms with Gasteiger partial charge < -0.3 is 9.32 Å². The molecule has 4 nitrogen and oxygen atoms in total. The maximum absolute atomic E-state index is 12.3. The highest BCUT2D eigenvalue weighted by Crippen LogP contribution is 2.16. The summed E-state index contributed by atoms with van der Waals surface area (Å²) >= 11 is 0. The zero-order valence-electron chi connectivity index (χ0n) is 11.2. The minimum atomic E-state index is 0.00264. The third-order valence-electron chi connectivity index (χ3n) is 2.98. The fourth-order valence-corrected chi connectivity index (χ4v) is 1.99. The Morgan fingerprint density at radius 3 is 2.65 bits per heavy atom. The van der Waals surface area contributed by atoms with E-state index in [1.54, 1.807) is 11.2 Å². The number of amides is 1. The van der Waals surface area contributed by atoms with Crippen LogP contribution in [0.4, 0.5) is 5.69 Å². The third-order valence-corrected chi connectivity index (χ3v) is 2.98. The number of carbonyl (C=O) groups excluding carboxylic acids is 1. The molecule has 102 valence electrons. The molecular weight excluding hydrogens is 252 g/mol. The van der Waals surface area contributed by atoms with E-state index in [-0.39, 0.29) is 5.91 Å². The van der Waals surface area contributed by atoms with Crippen molar-refractivity contribution in [1.29, 1.82) is 5.26 Å². The number of hydrogen-bond donors (Lipinski definition) is 0. The van der Waals surface area contributed by atoms with Crippen LogP contribution < -0.4 is 4.90 Å². The zero-order valence-corrected chi connectivity index (χ0v) is 11.2. The van der Waals surface area contributed by atoms with E-state index in [9.17, 15) is 4.79 Å². The molecule has 1 heterocycles. The summed E-state index contributed by atoms with van der Waals surface area (Å²) in [5.74, 6) is 0.800. The Bertz CT molecular complexity index is 570. The maximum atomic E-state index is 12.3. The average molecular weight is 268 g/mol. The third kappa shape index (κ3) is 3.72. The highest BCUT2D eigenvalue weighted by molar-refractivity contribution is 5.93. The lowest BCUT2D eigenvalue weighted by Gasteiger charge is -2.21. The molecule has 0 saturated carbocycles. The van der Waals surface area contributed by atoms with Crippen molar-refractivity contribution in [2.45, 2.75) is 19.3 Å². The minimum Gasteiger partial charge on any atom is -0.469 e. The predicted molar refractivity (Wildman–Crippen MR) is 76.1 cm³/mol. The molecule has 0 N–H and O–H groups in total. The molecule has 1 amide bonds. The van der Waals surface area contributed by atoms with Crippen LogP contribution >= 0.6 is 0 Å². The van der Waals surface area contributed by atoms with Gasteiger partial charge in [-0.25, -0.2) is 0 Å². The number of aryl methyl sites for hydroxylation is 1. The van der Waals surface area contributed by atoms with Gasteiger partial charge in [0.2, 0.25) is 5.91 Å². The standard InChI is InChI=1S/C16H16N2O2/c17-11-5-12-18(14-6-2-1-3-7-14)16(19)10-9-15-8-4-13-20-15/h1-4,6-8,13H,5,9-10,12H2. The maximum Gasteiger partial charge on any atom is 0.227 e. The van der Waals surface area contributed by atoms with Gasteiger partial charge in [-0.2, -0.15) is 5.26 Å². The first-order valence-electron chi connectivity index (χ1n) is 6.56. The summed E-state index contributed by atoms with van der Waals surface area (Å²) in [6.45, 7) is 0.414. The molecule has 1 aromatic heterocycles. The molecule has 0 aliphatic heterocycles. The zero-order chi connectivity index (χ0) is 14.2. The second-order valence-electron chi connectivity index (χ2n) is 4.37. The van der Waals surface area contributed by atoms with Crippen molar-refractivity contribution < 1.29 is 9.21 Å². The van der Waals surface area contributed by atoms with Crippen LogP contribution in [0.25, 0.3) is 0 Å². The van der Waals surface area contributed by atoms with Crippen LogP contribution in [-0.2, 0) is 11.2 Å². The molecule has 2 rings (SSSR count). The monoisotopic (exact) mass is 268 g/mol. The summed E-state index contributed by atoms with van der Waals surface area (Å²) in [7, 11) is 0. The van der Waals surface area contributed by atoms with E-state index in [1.807, 2.05) is 42.5 Å². The molecule has 0 aliphatic rings. The molecule has 0 bridgehead atoms. The Labute approximate surface area is 118 Å². The largest absolute Gasteiger partial charge is 0.469 e. The predicted octanol–water partition coefficient (Wildman–Crippen LogP) is 3.16. The van der Waals surface area contributed by atoms with E-state index < -0.39 is 0 Å². The van der Waals surface area contributed by atoms with Gasteiger partial charge in [0.25, 0.3) is 0 Å². The summed E-state index contributed by atoms with van der Waals surface area (Å²) in [6, 6.07) is 15.2. The number of hydrogen-bond acceptors (Lipinski definition) is 3. The number of carbonyl (C=O) groups is 1. The van der Waals surface area contributed by atoms with Crippen LogP contribution in [0.15, 0.2) is 53.1 Å². The fraction of sp³-hybridized carbons (Fsp3) is 0.250. The van der Waals surface area contributed by atoms with Crippen molar-refractivity contribution in [2.75, 3.05) is 11.4 Å². The summed E-state index contributed by atoms with van der Waals surface area (Å²) in [5, 5.41) is 8.72. The van der Waals surface area contributed by atoms with Crippen LogP contribution in [0.5, 0.6) is 0 Å². The lowest BCUT2D eigenvalue weighted by molar-refractivity contribution is -0.118. The molecule has 20 heavy (non-hydrogen) atoms. The van der Waals surface area contributed by atoms with Gasteiger partial charge in [-0.3, -0.25) is 4.79 Å². The second kappa shape index (κ2) is 7.15. The van der Waals surface area contributed by atoms with Crippen molar-refractivity contribution in [3.63, 3.8) is 0 Å². The Kier molecular flexibility index (Phi) is 4.96. The number of nitrogens with zero attached hydrogens (tertiary/aromatic N) is 2. The van der Waals surface area contributed by atoms with E-state index in [4.69, 9.17) is 9.68 Å². The Balaban J connectivity index is 2.02. The van der Waals surface area contributed by atoms with Gasteiger partial charge in [-0.05, 0) is 24.3 Å². The van der Waals surface area contributed by atoms with Crippen molar-refractivity contribution in [3.05, 3.63) is 54.5 Å². The molecule has 0 saturated heterocycles. The van der Waals surface area contributed by atoms with E-state index in [0.717, 1.165) is 11.4 Å². The Hall–Kier alpha value is -2.54. The summed E-state index contributed by atoms with van der Waals surface area (Å²) in [5.41, 5.74) is 0.826. The SMILES string of the molecule is N#CCCN(C(=O)CCc1ccco1)c1ccccc1. The first kappa shape index (κ1) is 13.9. The molecule has 0 unspecified atom stereocenters. The number of nitriles is 1. The summed E-state index contributed by atoms with van der Waals surface area (Å²) in [4.78, 5) is 14.0. The smallest absolute Gasteiger partial charge is 0.227 e. The Morgan fingerprint density at radius 2 is 2.00 bits per heavy atom. The number of benzene rings is 1. The summed E-state index contributed by atoms with van der Waals surface area (Å²) < 4.78 is 5.23. The minimum absolute atomic E-state index is 0.00264. The van der Waals surface area contributed by atoms with Crippen molar-refractivity contribution in [2.24, 2.45) is 0 Å². The van der Waals surface area contributed by atoms with Crippen molar-refractivity contribution in [3.8, 4) is 6.07 Å². The molecule has 4 heteroatoms. The van der Waals surface area contributed by atoms with Crippen LogP contribution in [0.1, 0.15) is 18.6 Å². The van der Waals surface area contributed by atoms with Gasteiger partial charge in [0.15, 0.2) is 0 Å². The van der Waals surface area contributed by atoms with Crippen LogP contribution in [0.2, 0.25) is 0 Å². The van der Waals surface area contributed by atoms with Gasteiger partial charge >= 0.3 is 0 Å². The van der Waals surface area contributed by atoms with Gasteiger partial charge in [0, 0.05) is 25.1 Å². The average Bonchev–Trinajstić information content (AvgIpc) is 3.00. The molecule has 0 spiro atoms. The number of para-hydroxylation sites is 1. The number of rotatable bonds is 6. The molecule has 0 atom stereocenters. The van der Waals surface area contributed by atoms with E-state index >= 15 is 0 Å². The van der Waals surface area contributed by atoms with Crippen LogP contribution in [-0.4, -0.2) is 12.5 Å². The van der Waals surface area contributed by atoms with Gasteiger partial charge in [-0.1, -0.05) is 18.2 Å². The molecule has 0 aliphatic carbocycles. The highest BCUT2D eigenvalue weighted by Gasteiger charge is 2.15. The molecule has 1 aromatic carbocycles. The van der Waals surface area contributed by atoms with E-state index in [1.165, 1.54) is 0 Å². The highest BCUT2D eigenvalue weighted by atomic mass is 16.3. The molecule has 0 radical (unpaired) electrons.